The molecule has 0 saturated heterocycles. The summed E-state index contributed by atoms with van der Waals surface area (Å²) in [6, 6.07) is 26.8. The van der Waals surface area contributed by atoms with Gasteiger partial charge in [0.05, 0.1) is 17.7 Å². The Kier molecular flexibility index (Phi) is 4.42. The summed E-state index contributed by atoms with van der Waals surface area (Å²) >= 11 is 1.51. The molecule has 0 spiro atoms. The lowest BCUT2D eigenvalue weighted by molar-refractivity contribution is 0.415. The zero-order valence-electron chi connectivity index (χ0n) is 14.3. The Labute approximate surface area is 156 Å². The Morgan fingerprint density at radius 3 is 1.96 bits per heavy atom. The molecule has 0 aliphatic rings. The van der Waals surface area contributed by atoms with Crippen molar-refractivity contribution in [3.8, 4) is 38.6 Å². The fraction of sp³-hybridized carbons (Fsp3) is 0.0455. The van der Waals surface area contributed by atoms with E-state index in [1.54, 1.807) is 7.11 Å². The summed E-state index contributed by atoms with van der Waals surface area (Å²) < 4.78 is 5.24. The second-order valence-electron chi connectivity index (χ2n) is 5.90. The minimum atomic E-state index is 0.568. The van der Waals surface area contributed by atoms with Gasteiger partial charge in [0.2, 0.25) is 0 Å². The van der Waals surface area contributed by atoms with Gasteiger partial charge in [-0.3, -0.25) is 0 Å². The largest absolute Gasteiger partial charge is 0.497 e. The van der Waals surface area contributed by atoms with Gasteiger partial charge in [-0.15, -0.1) is 0 Å². The Morgan fingerprint density at radius 2 is 1.31 bits per heavy atom. The number of ether oxygens (including phenoxy) is 1. The maximum absolute atomic E-state index is 6.01. The number of nitrogen functional groups attached to an aromatic ring is 1. The first-order valence-electron chi connectivity index (χ1n) is 8.31. The lowest BCUT2D eigenvalue weighted by Crippen LogP contribution is -1.86. The highest BCUT2D eigenvalue weighted by atomic mass is 32.1. The number of aromatic nitrogens is 1. The third-order valence-electron chi connectivity index (χ3n) is 4.26. The molecule has 128 valence electrons. The average Bonchev–Trinajstić information content (AvgIpc) is 3.10. The zero-order chi connectivity index (χ0) is 17.9. The predicted octanol–water partition coefficient (Wildman–Crippen LogP) is 5.73. The van der Waals surface area contributed by atoms with Gasteiger partial charge in [-0.05, 0) is 41.0 Å². The number of thiazole rings is 1. The van der Waals surface area contributed by atoms with Crippen molar-refractivity contribution < 1.29 is 4.74 Å². The highest BCUT2D eigenvalue weighted by Crippen LogP contribution is 2.39. The molecule has 2 N–H and O–H groups in total. The second-order valence-corrected chi connectivity index (χ2v) is 6.93. The van der Waals surface area contributed by atoms with E-state index in [2.05, 4.69) is 53.5 Å². The van der Waals surface area contributed by atoms with Crippen LogP contribution in [0, 0.1) is 0 Å². The molecule has 4 heteroatoms. The molecule has 0 aliphatic carbocycles. The molecule has 0 amide bonds. The molecule has 0 saturated carbocycles. The molecule has 0 atom stereocenters. The van der Waals surface area contributed by atoms with Gasteiger partial charge >= 0.3 is 0 Å². The van der Waals surface area contributed by atoms with Gasteiger partial charge in [0.15, 0.2) is 5.13 Å². The van der Waals surface area contributed by atoms with E-state index in [0.717, 1.165) is 27.4 Å². The molecule has 0 fully saturated rings. The predicted molar refractivity (Wildman–Crippen MR) is 109 cm³/mol. The van der Waals surface area contributed by atoms with Crippen molar-refractivity contribution in [2.24, 2.45) is 0 Å². The van der Waals surface area contributed by atoms with Gasteiger partial charge in [0.25, 0.3) is 0 Å². The van der Waals surface area contributed by atoms with Crippen LogP contribution in [-0.2, 0) is 0 Å². The number of nitrogens with two attached hydrogens (primary N) is 1. The number of hydrogen-bond donors (Lipinski definition) is 1. The van der Waals surface area contributed by atoms with Gasteiger partial charge in [0, 0.05) is 5.56 Å². The molecule has 0 radical (unpaired) electrons. The second kappa shape index (κ2) is 7.02. The minimum absolute atomic E-state index is 0.568. The van der Waals surface area contributed by atoms with Crippen LogP contribution in [0.3, 0.4) is 0 Å². The summed E-state index contributed by atoms with van der Waals surface area (Å²) in [7, 11) is 1.66. The van der Waals surface area contributed by atoms with Crippen LogP contribution in [0.5, 0.6) is 5.75 Å². The fourth-order valence-corrected chi connectivity index (χ4v) is 3.78. The van der Waals surface area contributed by atoms with E-state index >= 15 is 0 Å². The van der Waals surface area contributed by atoms with Gasteiger partial charge in [-0.2, -0.15) is 0 Å². The van der Waals surface area contributed by atoms with E-state index in [-0.39, 0.29) is 0 Å². The molecule has 0 bridgehead atoms. The third kappa shape index (κ3) is 3.19. The number of methoxy groups -OCH3 is 1. The van der Waals surface area contributed by atoms with Crippen LogP contribution in [0.25, 0.3) is 32.8 Å². The summed E-state index contributed by atoms with van der Waals surface area (Å²) in [5.74, 6) is 0.825. The van der Waals surface area contributed by atoms with Crippen molar-refractivity contribution in [1.82, 2.24) is 4.98 Å². The fourth-order valence-electron chi connectivity index (χ4n) is 2.92. The van der Waals surface area contributed by atoms with E-state index in [1.165, 1.54) is 22.5 Å². The molecule has 4 rings (SSSR count). The van der Waals surface area contributed by atoms with E-state index in [1.807, 2.05) is 30.3 Å². The standard InChI is InChI=1S/C22H18N2OS/c1-25-19-13-11-17(12-14-19)20-21(26-22(23)24-20)18-9-7-16(8-10-18)15-5-3-2-4-6-15/h2-14H,1H3,(H2,23,24). The Bertz CT molecular complexity index is 1010. The topological polar surface area (TPSA) is 48.1 Å². The SMILES string of the molecule is COc1ccc(-c2nc(N)sc2-c2ccc(-c3ccccc3)cc2)cc1. The van der Waals surface area contributed by atoms with Crippen LogP contribution in [0.1, 0.15) is 0 Å². The number of hydrogen-bond acceptors (Lipinski definition) is 4. The van der Waals surface area contributed by atoms with Crippen LogP contribution in [0.15, 0.2) is 78.9 Å². The molecule has 0 aliphatic heterocycles. The maximum Gasteiger partial charge on any atom is 0.181 e. The van der Waals surface area contributed by atoms with Crippen LogP contribution in [-0.4, -0.2) is 12.1 Å². The normalized spacial score (nSPS) is 10.7. The van der Waals surface area contributed by atoms with Gasteiger partial charge in [-0.25, -0.2) is 4.98 Å². The molecule has 1 heterocycles. The molecule has 0 unspecified atom stereocenters. The first-order valence-corrected chi connectivity index (χ1v) is 9.13. The van der Waals surface area contributed by atoms with E-state index in [4.69, 9.17) is 10.5 Å². The summed E-state index contributed by atoms with van der Waals surface area (Å²) in [6.45, 7) is 0. The summed E-state index contributed by atoms with van der Waals surface area (Å²) in [5.41, 5.74) is 11.5. The molecule has 1 aromatic heterocycles. The lowest BCUT2D eigenvalue weighted by atomic mass is 10.0. The molecule has 3 aromatic carbocycles. The van der Waals surface area contributed by atoms with Crippen molar-refractivity contribution in [3.63, 3.8) is 0 Å². The summed E-state index contributed by atoms with van der Waals surface area (Å²) in [5, 5.41) is 0.568. The maximum atomic E-state index is 6.01. The summed E-state index contributed by atoms with van der Waals surface area (Å²) in [4.78, 5) is 5.63. The number of benzene rings is 3. The van der Waals surface area contributed by atoms with Crippen LogP contribution < -0.4 is 10.5 Å². The van der Waals surface area contributed by atoms with E-state index < -0.39 is 0 Å². The lowest BCUT2D eigenvalue weighted by Gasteiger charge is -2.06. The average molecular weight is 358 g/mol. The highest BCUT2D eigenvalue weighted by Gasteiger charge is 2.14. The highest BCUT2D eigenvalue weighted by molar-refractivity contribution is 7.19. The Morgan fingerprint density at radius 1 is 0.731 bits per heavy atom. The van der Waals surface area contributed by atoms with Crippen LogP contribution in [0.2, 0.25) is 0 Å². The molecule has 26 heavy (non-hydrogen) atoms. The number of rotatable bonds is 4. The van der Waals surface area contributed by atoms with Crippen LogP contribution in [0.4, 0.5) is 5.13 Å². The molecule has 4 aromatic rings. The van der Waals surface area contributed by atoms with Crippen molar-refractivity contribution in [2.45, 2.75) is 0 Å². The number of anilines is 1. The van der Waals surface area contributed by atoms with E-state index in [9.17, 15) is 0 Å². The van der Waals surface area contributed by atoms with Crippen LogP contribution >= 0.6 is 11.3 Å². The van der Waals surface area contributed by atoms with E-state index in [0.29, 0.717) is 5.13 Å². The first-order chi connectivity index (χ1) is 12.7. The van der Waals surface area contributed by atoms with Gasteiger partial charge in [0.1, 0.15) is 5.75 Å². The quantitative estimate of drug-likeness (QED) is 0.506. The summed E-state index contributed by atoms with van der Waals surface area (Å²) in [6.07, 6.45) is 0. The molecular formula is C22H18N2OS. The van der Waals surface area contributed by atoms with Gasteiger partial charge in [-0.1, -0.05) is 65.9 Å². The Balaban J connectivity index is 1.72. The van der Waals surface area contributed by atoms with Crippen molar-refractivity contribution in [3.05, 3.63) is 78.9 Å². The minimum Gasteiger partial charge on any atom is -0.497 e. The third-order valence-corrected chi connectivity index (χ3v) is 5.19. The monoisotopic (exact) mass is 358 g/mol. The first kappa shape index (κ1) is 16.4. The van der Waals surface area contributed by atoms with Crippen molar-refractivity contribution in [2.75, 3.05) is 12.8 Å². The zero-order valence-corrected chi connectivity index (χ0v) is 15.2. The number of nitrogens with zero attached hydrogens (tertiary/aromatic N) is 1. The Hall–Kier alpha value is -3.11. The van der Waals surface area contributed by atoms with Crippen molar-refractivity contribution in [1.29, 1.82) is 0 Å². The molecule has 3 nitrogen and oxygen atoms in total. The van der Waals surface area contributed by atoms with Crippen molar-refractivity contribution >= 4 is 16.5 Å². The smallest absolute Gasteiger partial charge is 0.181 e. The molecular weight excluding hydrogens is 340 g/mol. The van der Waals surface area contributed by atoms with Gasteiger partial charge < -0.3 is 10.5 Å².